The van der Waals surface area contributed by atoms with Crippen LogP contribution in [0.15, 0.2) is 89.9 Å². The van der Waals surface area contributed by atoms with Crippen molar-refractivity contribution in [3.63, 3.8) is 0 Å². The molecule has 0 unspecified atom stereocenters. The summed E-state index contributed by atoms with van der Waals surface area (Å²) in [6.07, 6.45) is 2.08. The molecule has 27 heavy (non-hydrogen) atoms. The Morgan fingerprint density at radius 1 is 0.889 bits per heavy atom. The molecule has 1 heterocycles. The van der Waals surface area contributed by atoms with Crippen LogP contribution in [0, 0.1) is 0 Å². The minimum absolute atomic E-state index is 0.105. The van der Waals surface area contributed by atoms with Crippen LogP contribution in [0.2, 0.25) is 0 Å². The molecule has 3 aromatic carbocycles. The van der Waals surface area contributed by atoms with Gasteiger partial charge in [0.2, 0.25) is 5.90 Å². The molecule has 0 amide bonds. The molecule has 0 radical (unpaired) electrons. The Morgan fingerprint density at radius 3 is 2.00 bits per heavy atom. The minimum atomic E-state index is -0.719. The SMILES string of the molecule is CSC[C@@H]1N=C(c2ccccc2O)OC1(c1ccccc1)c1ccccc1. The molecule has 3 aromatic rings. The van der Waals surface area contributed by atoms with Crippen LogP contribution < -0.4 is 0 Å². The summed E-state index contributed by atoms with van der Waals surface area (Å²) in [5.41, 5.74) is 2.02. The molecule has 0 aliphatic carbocycles. The summed E-state index contributed by atoms with van der Waals surface area (Å²) in [7, 11) is 0. The first-order chi connectivity index (χ1) is 13.3. The topological polar surface area (TPSA) is 41.8 Å². The maximum atomic E-state index is 10.3. The molecule has 0 bridgehead atoms. The second-order valence-electron chi connectivity index (χ2n) is 6.49. The molecular formula is C23H21NO2S. The lowest BCUT2D eigenvalue weighted by molar-refractivity contribution is 0.105. The van der Waals surface area contributed by atoms with Crippen molar-refractivity contribution in [2.45, 2.75) is 11.6 Å². The number of hydrogen-bond acceptors (Lipinski definition) is 4. The fraction of sp³-hybridized carbons (Fsp3) is 0.174. The van der Waals surface area contributed by atoms with Crippen molar-refractivity contribution in [3.05, 3.63) is 102 Å². The number of nitrogens with zero attached hydrogens (tertiary/aromatic N) is 1. The first-order valence-electron chi connectivity index (χ1n) is 8.91. The van der Waals surface area contributed by atoms with Gasteiger partial charge >= 0.3 is 0 Å². The molecule has 1 aliphatic heterocycles. The van der Waals surface area contributed by atoms with Crippen LogP contribution in [-0.4, -0.2) is 29.1 Å². The van der Waals surface area contributed by atoms with Crippen LogP contribution >= 0.6 is 11.8 Å². The van der Waals surface area contributed by atoms with Gasteiger partial charge in [0.15, 0.2) is 5.60 Å². The summed E-state index contributed by atoms with van der Waals surface area (Å²) in [5.74, 6) is 1.47. The molecule has 0 fully saturated rings. The average Bonchev–Trinajstić information content (AvgIpc) is 3.10. The van der Waals surface area contributed by atoms with E-state index in [1.165, 1.54) is 0 Å². The maximum absolute atomic E-state index is 10.3. The van der Waals surface area contributed by atoms with Crippen molar-refractivity contribution in [3.8, 4) is 5.75 Å². The van der Waals surface area contributed by atoms with E-state index in [0.717, 1.165) is 16.9 Å². The monoisotopic (exact) mass is 375 g/mol. The number of hydrogen-bond donors (Lipinski definition) is 1. The Labute approximate surface area is 163 Å². The Hall–Kier alpha value is -2.72. The molecule has 0 aromatic heterocycles. The van der Waals surface area contributed by atoms with Gasteiger partial charge in [-0.1, -0.05) is 72.8 Å². The average molecular weight is 375 g/mol. The van der Waals surface area contributed by atoms with Gasteiger partial charge < -0.3 is 9.84 Å². The van der Waals surface area contributed by atoms with Gasteiger partial charge in [0, 0.05) is 16.9 Å². The molecule has 4 rings (SSSR count). The Bertz CT molecular complexity index is 901. The number of benzene rings is 3. The van der Waals surface area contributed by atoms with Crippen LogP contribution in [0.25, 0.3) is 0 Å². The molecule has 0 saturated heterocycles. The molecule has 4 heteroatoms. The van der Waals surface area contributed by atoms with E-state index in [1.807, 2.05) is 48.5 Å². The van der Waals surface area contributed by atoms with Crippen molar-refractivity contribution >= 4 is 17.7 Å². The van der Waals surface area contributed by atoms with Crippen molar-refractivity contribution in [1.29, 1.82) is 0 Å². The van der Waals surface area contributed by atoms with Gasteiger partial charge in [0.25, 0.3) is 0 Å². The molecule has 1 aliphatic rings. The fourth-order valence-corrected chi connectivity index (χ4v) is 4.24. The third-order valence-corrected chi connectivity index (χ3v) is 5.51. The second-order valence-corrected chi connectivity index (χ2v) is 7.40. The highest BCUT2D eigenvalue weighted by molar-refractivity contribution is 7.98. The van der Waals surface area contributed by atoms with Gasteiger partial charge in [-0.25, -0.2) is 4.99 Å². The smallest absolute Gasteiger partial charge is 0.221 e. The minimum Gasteiger partial charge on any atom is -0.507 e. The van der Waals surface area contributed by atoms with Crippen LogP contribution in [-0.2, 0) is 10.3 Å². The van der Waals surface area contributed by atoms with Crippen LogP contribution in [0.5, 0.6) is 5.75 Å². The number of phenolic OH excluding ortho intramolecular Hbond substituents is 1. The maximum Gasteiger partial charge on any atom is 0.221 e. The first kappa shape index (κ1) is 17.7. The summed E-state index contributed by atoms with van der Waals surface area (Å²) < 4.78 is 6.63. The fourth-order valence-electron chi connectivity index (χ4n) is 3.61. The molecular weight excluding hydrogens is 354 g/mol. The summed E-state index contributed by atoms with van der Waals surface area (Å²) in [5, 5.41) is 10.3. The Kier molecular flexibility index (Phi) is 4.90. The van der Waals surface area contributed by atoms with Crippen molar-refractivity contribution in [2.24, 2.45) is 4.99 Å². The van der Waals surface area contributed by atoms with Crippen LogP contribution in [0.4, 0.5) is 0 Å². The van der Waals surface area contributed by atoms with Crippen molar-refractivity contribution < 1.29 is 9.84 Å². The van der Waals surface area contributed by atoms with E-state index in [4.69, 9.17) is 9.73 Å². The van der Waals surface area contributed by atoms with E-state index >= 15 is 0 Å². The Balaban J connectivity index is 1.89. The lowest BCUT2D eigenvalue weighted by Gasteiger charge is -2.34. The number of para-hydroxylation sites is 1. The van der Waals surface area contributed by atoms with Crippen molar-refractivity contribution in [2.75, 3.05) is 12.0 Å². The van der Waals surface area contributed by atoms with Gasteiger partial charge in [0.1, 0.15) is 11.8 Å². The van der Waals surface area contributed by atoms with Gasteiger partial charge in [-0.2, -0.15) is 11.8 Å². The third kappa shape index (κ3) is 3.10. The van der Waals surface area contributed by atoms with Crippen LogP contribution in [0.1, 0.15) is 16.7 Å². The summed E-state index contributed by atoms with van der Waals surface area (Å²) >= 11 is 1.74. The van der Waals surface area contributed by atoms with Gasteiger partial charge in [-0.3, -0.25) is 0 Å². The highest BCUT2D eigenvalue weighted by atomic mass is 32.2. The number of aromatic hydroxyl groups is 1. The van der Waals surface area contributed by atoms with E-state index < -0.39 is 5.60 Å². The molecule has 1 N–H and O–H groups in total. The van der Waals surface area contributed by atoms with E-state index in [1.54, 1.807) is 23.9 Å². The molecule has 1 atom stereocenters. The largest absolute Gasteiger partial charge is 0.507 e. The van der Waals surface area contributed by atoms with Crippen LogP contribution in [0.3, 0.4) is 0 Å². The Morgan fingerprint density at radius 2 is 1.44 bits per heavy atom. The van der Waals surface area contributed by atoms with Gasteiger partial charge in [-0.05, 0) is 18.4 Å². The highest BCUT2D eigenvalue weighted by Crippen LogP contribution is 2.44. The lowest BCUT2D eigenvalue weighted by Crippen LogP contribution is -2.40. The zero-order valence-corrected chi connectivity index (χ0v) is 15.9. The molecule has 136 valence electrons. The van der Waals surface area contributed by atoms with E-state index in [9.17, 15) is 5.11 Å². The summed E-state index contributed by atoms with van der Waals surface area (Å²) in [6, 6.07) is 27.5. The number of thioether (sulfide) groups is 1. The molecule has 0 spiro atoms. The summed E-state index contributed by atoms with van der Waals surface area (Å²) in [6.45, 7) is 0. The van der Waals surface area contributed by atoms with Crippen molar-refractivity contribution in [1.82, 2.24) is 0 Å². The number of rotatable bonds is 5. The summed E-state index contributed by atoms with van der Waals surface area (Å²) in [4.78, 5) is 4.93. The highest BCUT2D eigenvalue weighted by Gasteiger charge is 2.50. The molecule has 0 saturated carbocycles. The van der Waals surface area contributed by atoms with E-state index in [-0.39, 0.29) is 11.8 Å². The predicted octanol–water partition coefficient (Wildman–Crippen LogP) is 4.84. The predicted molar refractivity (Wildman–Crippen MR) is 112 cm³/mol. The van der Waals surface area contributed by atoms with E-state index in [2.05, 4.69) is 30.5 Å². The lowest BCUT2D eigenvalue weighted by atomic mass is 9.81. The second kappa shape index (κ2) is 7.49. The van der Waals surface area contributed by atoms with E-state index in [0.29, 0.717) is 11.5 Å². The number of aliphatic imine (C=N–C) groups is 1. The quantitative estimate of drug-likeness (QED) is 0.693. The first-order valence-corrected chi connectivity index (χ1v) is 10.3. The standard InChI is InChI=1S/C23H21NO2S/c1-27-16-21-23(17-10-4-2-5-11-17,18-12-6-3-7-13-18)26-22(24-21)19-14-8-9-15-20(19)25/h2-15,21,25H,16H2,1H3/t21-/m0/s1. The third-order valence-electron chi connectivity index (χ3n) is 4.86. The van der Waals surface area contributed by atoms with Gasteiger partial charge in [0.05, 0.1) is 5.56 Å². The zero-order chi connectivity index (χ0) is 18.7. The zero-order valence-electron chi connectivity index (χ0n) is 15.1. The normalized spacial score (nSPS) is 18.0. The number of phenols is 1. The number of ether oxygens (including phenoxy) is 1. The molecule has 3 nitrogen and oxygen atoms in total. The van der Waals surface area contributed by atoms with Gasteiger partial charge in [-0.15, -0.1) is 0 Å².